The van der Waals surface area contributed by atoms with E-state index in [0.29, 0.717) is 32.8 Å². The molecule has 21 heavy (non-hydrogen) atoms. The van der Waals surface area contributed by atoms with Gasteiger partial charge in [0.15, 0.2) is 0 Å². The van der Waals surface area contributed by atoms with Gasteiger partial charge >= 0.3 is 0 Å². The van der Waals surface area contributed by atoms with Crippen LogP contribution in [0.4, 0.5) is 0 Å². The molecule has 6 heteroatoms. The molecule has 122 valence electrons. The van der Waals surface area contributed by atoms with E-state index in [1.807, 2.05) is 20.8 Å². The van der Waals surface area contributed by atoms with Crippen LogP contribution in [-0.2, 0) is 19.1 Å². The Morgan fingerprint density at radius 3 is 2.52 bits per heavy atom. The van der Waals surface area contributed by atoms with Gasteiger partial charge in [0.2, 0.25) is 11.8 Å². The molecule has 1 saturated heterocycles. The molecule has 0 aromatic rings. The second kappa shape index (κ2) is 9.00. The first kappa shape index (κ1) is 17.9. The second-order valence-corrected chi connectivity index (χ2v) is 5.67. The molecule has 1 rings (SSSR count). The summed E-state index contributed by atoms with van der Waals surface area (Å²) in [6, 6.07) is -0.798. The molecule has 0 saturated carbocycles. The van der Waals surface area contributed by atoms with E-state index in [1.165, 1.54) is 0 Å². The monoisotopic (exact) mass is 300 g/mol. The largest absolute Gasteiger partial charge is 0.382 e. The third-order valence-electron chi connectivity index (χ3n) is 3.66. The molecule has 0 aromatic heterocycles. The Morgan fingerprint density at radius 1 is 1.24 bits per heavy atom. The highest BCUT2D eigenvalue weighted by Crippen LogP contribution is 2.18. The van der Waals surface area contributed by atoms with Crippen LogP contribution in [0.2, 0.25) is 0 Å². The summed E-state index contributed by atoms with van der Waals surface area (Å²) in [7, 11) is 1.62. The fraction of sp³-hybridized carbons (Fsp3) is 0.867. The lowest BCUT2D eigenvalue weighted by atomic mass is 9.96. The fourth-order valence-corrected chi connectivity index (χ4v) is 2.47. The molecule has 0 bridgehead atoms. The number of methoxy groups -OCH3 is 1. The Labute approximate surface area is 127 Å². The van der Waals surface area contributed by atoms with E-state index in [4.69, 9.17) is 9.47 Å². The molecule has 0 aromatic carbocycles. The minimum Gasteiger partial charge on any atom is -0.382 e. The van der Waals surface area contributed by atoms with Crippen molar-refractivity contribution in [3.8, 4) is 0 Å². The lowest BCUT2D eigenvalue weighted by Crippen LogP contribution is -2.65. The Morgan fingerprint density at radius 2 is 1.95 bits per heavy atom. The van der Waals surface area contributed by atoms with Crippen LogP contribution >= 0.6 is 0 Å². The van der Waals surface area contributed by atoms with Crippen molar-refractivity contribution >= 4 is 11.8 Å². The number of piperazine rings is 1. The molecule has 2 atom stereocenters. The number of hydrogen-bond donors (Lipinski definition) is 1. The number of nitrogens with one attached hydrogen (secondary N) is 1. The van der Waals surface area contributed by atoms with Gasteiger partial charge in [-0.2, -0.15) is 0 Å². The highest BCUT2D eigenvalue weighted by atomic mass is 16.5. The molecule has 1 aliphatic heterocycles. The molecule has 2 unspecified atom stereocenters. The van der Waals surface area contributed by atoms with Gasteiger partial charge in [0.25, 0.3) is 0 Å². The van der Waals surface area contributed by atoms with Crippen LogP contribution in [-0.4, -0.2) is 62.3 Å². The van der Waals surface area contributed by atoms with E-state index in [0.717, 1.165) is 6.42 Å². The van der Waals surface area contributed by atoms with Gasteiger partial charge in [-0.15, -0.1) is 0 Å². The Bertz CT molecular complexity index is 347. The number of carbonyl (C=O) groups excluding carboxylic acids is 2. The first-order chi connectivity index (χ1) is 10.0. The first-order valence-electron chi connectivity index (χ1n) is 7.70. The minimum atomic E-state index is -0.426. The van der Waals surface area contributed by atoms with E-state index in [1.54, 1.807) is 12.0 Å². The smallest absolute Gasteiger partial charge is 0.246 e. The van der Waals surface area contributed by atoms with Crippen molar-refractivity contribution < 1.29 is 19.1 Å². The van der Waals surface area contributed by atoms with Gasteiger partial charge < -0.3 is 19.7 Å². The van der Waals surface area contributed by atoms with Crippen molar-refractivity contribution in [2.45, 2.75) is 45.7 Å². The van der Waals surface area contributed by atoms with E-state index < -0.39 is 6.04 Å². The van der Waals surface area contributed by atoms with Crippen LogP contribution in [0.15, 0.2) is 0 Å². The van der Waals surface area contributed by atoms with Gasteiger partial charge in [0, 0.05) is 13.7 Å². The molecular weight excluding hydrogens is 272 g/mol. The number of amides is 2. The topological polar surface area (TPSA) is 67.9 Å². The van der Waals surface area contributed by atoms with Gasteiger partial charge in [0.05, 0.1) is 19.8 Å². The van der Waals surface area contributed by atoms with Gasteiger partial charge in [0.1, 0.15) is 12.1 Å². The predicted molar refractivity (Wildman–Crippen MR) is 79.9 cm³/mol. The first-order valence-corrected chi connectivity index (χ1v) is 7.70. The molecule has 0 aliphatic carbocycles. The normalized spacial score (nSPS) is 22.8. The van der Waals surface area contributed by atoms with E-state index >= 15 is 0 Å². The average molecular weight is 300 g/mol. The van der Waals surface area contributed by atoms with Crippen LogP contribution in [0.25, 0.3) is 0 Å². The summed E-state index contributed by atoms with van der Waals surface area (Å²) in [5.41, 5.74) is 0. The maximum Gasteiger partial charge on any atom is 0.246 e. The van der Waals surface area contributed by atoms with Crippen molar-refractivity contribution in [1.29, 1.82) is 0 Å². The van der Waals surface area contributed by atoms with Crippen LogP contribution in [0.5, 0.6) is 0 Å². The molecule has 0 radical (unpaired) electrons. The summed E-state index contributed by atoms with van der Waals surface area (Å²) in [6.07, 6.45) is 1.54. The van der Waals surface area contributed by atoms with Crippen molar-refractivity contribution in [2.75, 3.05) is 33.5 Å². The summed E-state index contributed by atoms with van der Waals surface area (Å²) in [6.45, 7) is 7.79. The van der Waals surface area contributed by atoms with Crippen LogP contribution in [0.1, 0.15) is 33.6 Å². The maximum atomic E-state index is 12.5. The van der Waals surface area contributed by atoms with Gasteiger partial charge in [-0.05, 0) is 12.3 Å². The molecule has 1 N–H and O–H groups in total. The number of carbonyl (C=O) groups is 2. The third kappa shape index (κ3) is 4.97. The number of ether oxygens (including phenoxy) is 2. The molecule has 6 nitrogen and oxygen atoms in total. The summed E-state index contributed by atoms with van der Waals surface area (Å²) < 4.78 is 10.3. The lowest BCUT2D eigenvalue weighted by molar-refractivity contribution is -0.151. The van der Waals surface area contributed by atoms with Gasteiger partial charge in [-0.25, -0.2) is 0 Å². The highest BCUT2D eigenvalue weighted by Gasteiger charge is 2.40. The van der Waals surface area contributed by atoms with Crippen LogP contribution < -0.4 is 5.32 Å². The van der Waals surface area contributed by atoms with E-state index in [9.17, 15) is 9.59 Å². The third-order valence-corrected chi connectivity index (χ3v) is 3.66. The van der Waals surface area contributed by atoms with E-state index in [-0.39, 0.29) is 23.8 Å². The van der Waals surface area contributed by atoms with Crippen molar-refractivity contribution in [3.63, 3.8) is 0 Å². The van der Waals surface area contributed by atoms with Crippen molar-refractivity contribution in [2.24, 2.45) is 5.92 Å². The number of hydrogen-bond acceptors (Lipinski definition) is 4. The molecule has 0 spiro atoms. The van der Waals surface area contributed by atoms with Crippen molar-refractivity contribution in [1.82, 2.24) is 10.2 Å². The summed E-state index contributed by atoms with van der Waals surface area (Å²) in [4.78, 5) is 26.5. The number of rotatable bonds is 9. The molecule has 1 heterocycles. The summed E-state index contributed by atoms with van der Waals surface area (Å²) in [5.74, 6) is 0.0337. The van der Waals surface area contributed by atoms with E-state index in [2.05, 4.69) is 5.32 Å². The molecule has 2 amide bonds. The Kier molecular flexibility index (Phi) is 7.67. The number of nitrogens with zero attached hydrogens (tertiary/aromatic N) is 1. The Hall–Kier alpha value is -1.14. The van der Waals surface area contributed by atoms with Gasteiger partial charge in [-0.1, -0.05) is 27.2 Å². The predicted octanol–water partition coefficient (Wildman–Crippen LogP) is 0.801. The minimum absolute atomic E-state index is 0.00149. The van der Waals surface area contributed by atoms with Crippen LogP contribution in [0, 0.1) is 5.92 Å². The highest BCUT2D eigenvalue weighted by molar-refractivity contribution is 5.97. The zero-order valence-electron chi connectivity index (χ0n) is 13.6. The van der Waals surface area contributed by atoms with Crippen LogP contribution in [0.3, 0.4) is 0 Å². The van der Waals surface area contributed by atoms with Gasteiger partial charge in [-0.3, -0.25) is 9.59 Å². The zero-order valence-corrected chi connectivity index (χ0v) is 13.6. The summed E-state index contributed by atoms with van der Waals surface area (Å²) in [5, 5.41) is 2.85. The summed E-state index contributed by atoms with van der Waals surface area (Å²) >= 11 is 0. The molecule has 1 fully saturated rings. The Balaban J connectivity index is 2.66. The SMILES string of the molecule is CCCC1C(=O)NC(C(C)C)C(=O)N1CCOCCOC. The second-order valence-electron chi connectivity index (χ2n) is 5.67. The average Bonchev–Trinajstić information content (AvgIpc) is 2.44. The van der Waals surface area contributed by atoms with Crippen molar-refractivity contribution in [3.05, 3.63) is 0 Å². The quantitative estimate of drug-likeness (QED) is 0.640. The fourth-order valence-electron chi connectivity index (χ4n) is 2.47. The lowest BCUT2D eigenvalue weighted by Gasteiger charge is -2.40. The molecular formula is C15H28N2O4. The maximum absolute atomic E-state index is 12.5. The standard InChI is InChI=1S/C15H28N2O4/c1-5-6-12-14(18)16-13(11(2)3)15(19)17(12)7-8-21-10-9-20-4/h11-13H,5-10H2,1-4H3,(H,16,18). The molecule has 1 aliphatic rings. The zero-order chi connectivity index (χ0) is 15.8.